The summed E-state index contributed by atoms with van der Waals surface area (Å²) in [5.74, 6) is -2.33. The SMILES string of the molecule is CC1(O)CCCN(C(=O)c2cc(F)cc(N)c2F)C1. The number of nitrogens with two attached hydrogens (primary N) is 1. The number of anilines is 1. The van der Waals surface area contributed by atoms with Crippen molar-refractivity contribution in [2.24, 2.45) is 0 Å². The summed E-state index contributed by atoms with van der Waals surface area (Å²) in [6.07, 6.45) is 1.19. The second-order valence-corrected chi connectivity index (χ2v) is 5.18. The molecule has 1 amide bonds. The number of carbonyl (C=O) groups excluding carboxylic acids is 1. The zero-order valence-electron chi connectivity index (χ0n) is 10.6. The highest BCUT2D eigenvalue weighted by Gasteiger charge is 2.32. The maximum Gasteiger partial charge on any atom is 0.257 e. The highest BCUT2D eigenvalue weighted by Crippen LogP contribution is 2.24. The van der Waals surface area contributed by atoms with Crippen LogP contribution in [0.1, 0.15) is 30.1 Å². The van der Waals surface area contributed by atoms with Crippen molar-refractivity contribution < 1.29 is 18.7 Å². The molecular formula is C13H16F2N2O2. The first-order chi connectivity index (χ1) is 8.80. The predicted octanol–water partition coefficient (Wildman–Crippen LogP) is 1.53. The fraction of sp³-hybridized carbons (Fsp3) is 0.462. The summed E-state index contributed by atoms with van der Waals surface area (Å²) in [5, 5.41) is 9.93. The van der Waals surface area contributed by atoms with E-state index in [2.05, 4.69) is 0 Å². The lowest BCUT2D eigenvalue weighted by molar-refractivity contribution is -0.0109. The first-order valence-electron chi connectivity index (χ1n) is 6.06. The number of benzene rings is 1. The van der Waals surface area contributed by atoms with E-state index in [4.69, 9.17) is 5.73 Å². The van der Waals surface area contributed by atoms with Gasteiger partial charge in [-0.05, 0) is 31.9 Å². The second kappa shape index (κ2) is 4.77. The Morgan fingerprint density at radius 2 is 2.16 bits per heavy atom. The van der Waals surface area contributed by atoms with Crippen LogP contribution in [-0.4, -0.2) is 34.6 Å². The van der Waals surface area contributed by atoms with Crippen LogP contribution in [0.25, 0.3) is 0 Å². The van der Waals surface area contributed by atoms with Crippen LogP contribution in [0.15, 0.2) is 12.1 Å². The standard InChI is InChI=1S/C13H16F2N2O2/c1-13(19)3-2-4-17(7-13)12(18)9-5-8(14)6-10(16)11(9)15/h5-6,19H,2-4,7,16H2,1H3. The average Bonchev–Trinajstić information content (AvgIpc) is 2.31. The van der Waals surface area contributed by atoms with Gasteiger partial charge in [0, 0.05) is 13.1 Å². The number of halogens is 2. The van der Waals surface area contributed by atoms with Crippen LogP contribution in [-0.2, 0) is 0 Å². The van der Waals surface area contributed by atoms with Gasteiger partial charge in [0.2, 0.25) is 0 Å². The van der Waals surface area contributed by atoms with Gasteiger partial charge < -0.3 is 15.7 Å². The molecule has 1 fully saturated rings. The van der Waals surface area contributed by atoms with Crippen molar-refractivity contribution in [3.8, 4) is 0 Å². The highest BCUT2D eigenvalue weighted by atomic mass is 19.1. The van der Waals surface area contributed by atoms with Gasteiger partial charge in [0.05, 0.1) is 16.9 Å². The lowest BCUT2D eigenvalue weighted by Gasteiger charge is -2.36. The number of hydrogen-bond donors (Lipinski definition) is 2. The molecule has 0 aliphatic carbocycles. The molecule has 0 aromatic heterocycles. The minimum Gasteiger partial charge on any atom is -0.396 e. The number of likely N-dealkylation sites (tertiary alicyclic amines) is 1. The Hall–Kier alpha value is -1.69. The maximum absolute atomic E-state index is 13.8. The second-order valence-electron chi connectivity index (χ2n) is 5.18. The number of amides is 1. The van der Waals surface area contributed by atoms with Gasteiger partial charge >= 0.3 is 0 Å². The van der Waals surface area contributed by atoms with E-state index in [1.54, 1.807) is 6.92 Å². The van der Waals surface area contributed by atoms with Gasteiger partial charge in [-0.15, -0.1) is 0 Å². The Labute approximate surface area is 109 Å². The molecule has 1 aliphatic rings. The molecule has 2 rings (SSSR count). The van der Waals surface area contributed by atoms with Crippen molar-refractivity contribution in [1.82, 2.24) is 4.90 Å². The van der Waals surface area contributed by atoms with Crippen molar-refractivity contribution >= 4 is 11.6 Å². The molecule has 19 heavy (non-hydrogen) atoms. The molecule has 1 unspecified atom stereocenters. The lowest BCUT2D eigenvalue weighted by atomic mass is 9.94. The van der Waals surface area contributed by atoms with Crippen LogP contribution in [0, 0.1) is 11.6 Å². The van der Waals surface area contributed by atoms with E-state index in [9.17, 15) is 18.7 Å². The van der Waals surface area contributed by atoms with Gasteiger partial charge in [-0.25, -0.2) is 8.78 Å². The number of β-amino-alcohol motifs (C(OH)–C–C–N with tert-alkyl or cyclic N) is 1. The third-order valence-electron chi connectivity index (χ3n) is 3.26. The molecule has 1 heterocycles. The van der Waals surface area contributed by atoms with Crippen LogP contribution < -0.4 is 5.73 Å². The number of hydrogen-bond acceptors (Lipinski definition) is 3. The van der Waals surface area contributed by atoms with Crippen LogP contribution >= 0.6 is 0 Å². The summed E-state index contributed by atoms with van der Waals surface area (Å²) in [5.41, 5.74) is 3.52. The zero-order valence-corrected chi connectivity index (χ0v) is 10.6. The first kappa shape index (κ1) is 13.7. The largest absolute Gasteiger partial charge is 0.396 e. The Balaban J connectivity index is 2.29. The van der Waals surface area contributed by atoms with Gasteiger partial charge in [0.25, 0.3) is 5.91 Å². The van der Waals surface area contributed by atoms with E-state index >= 15 is 0 Å². The average molecular weight is 270 g/mol. The van der Waals surface area contributed by atoms with Gasteiger partial charge in [0.1, 0.15) is 5.82 Å². The smallest absolute Gasteiger partial charge is 0.257 e. The normalized spacial score (nSPS) is 23.5. The molecule has 1 aliphatic heterocycles. The Morgan fingerprint density at radius 1 is 1.47 bits per heavy atom. The quantitative estimate of drug-likeness (QED) is 0.761. The van der Waals surface area contributed by atoms with Crippen LogP contribution in [0.3, 0.4) is 0 Å². The first-order valence-corrected chi connectivity index (χ1v) is 6.06. The number of nitrogen functional groups attached to an aromatic ring is 1. The minimum absolute atomic E-state index is 0.0989. The maximum atomic E-state index is 13.8. The van der Waals surface area contributed by atoms with Crippen molar-refractivity contribution in [2.75, 3.05) is 18.8 Å². The molecule has 0 spiro atoms. The molecule has 1 aromatic rings. The fourth-order valence-corrected chi connectivity index (χ4v) is 2.33. The van der Waals surface area contributed by atoms with E-state index in [0.29, 0.717) is 19.4 Å². The van der Waals surface area contributed by atoms with E-state index in [1.807, 2.05) is 0 Å². The fourth-order valence-electron chi connectivity index (χ4n) is 2.33. The minimum atomic E-state index is -0.997. The number of piperidine rings is 1. The third kappa shape index (κ3) is 2.84. The van der Waals surface area contributed by atoms with Gasteiger partial charge in [-0.1, -0.05) is 0 Å². The third-order valence-corrected chi connectivity index (χ3v) is 3.26. The molecule has 1 aromatic carbocycles. The van der Waals surface area contributed by atoms with E-state index < -0.39 is 34.4 Å². The van der Waals surface area contributed by atoms with Crippen LogP contribution in [0.4, 0.5) is 14.5 Å². The Bertz CT molecular complexity index is 518. The molecule has 3 N–H and O–H groups in total. The van der Waals surface area contributed by atoms with Gasteiger partial charge in [0.15, 0.2) is 5.82 Å². The molecule has 4 nitrogen and oxygen atoms in total. The van der Waals surface area contributed by atoms with E-state index in [-0.39, 0.29) is 6.54 Å². The number of carbonyl (C=O) groups is 1. The monoisotopic (exact) mass is 270 g/mol. The topological polar surface area (TPSA) is 66.6 Å². The molecule has 0 saturated carbocycles. The molecule has 0 bridgehead atoms. The summed E-state index contributed by atoms with van der Waals surface area (Å²) < 4.78 is 27.0. The number of aliphatic hydroxyl groups is 1. The van der Waals surface area contributed by atoms with Crippen LogP contribution in [0.2, 0.25) is 0 Å². The lowest BCUT2D eigenvalue weighted by Crippen LogP contribution is -2.48. The summed E-state index contributed by atoms with van der Waals surface area (Å²) >= 11 is 0. The Kier molecular flexibility index (Phi) is 3.45. The van der Waals surface area contributed by atoms with Crippen molar-refractivity contribution in [2.45, 2.75) is 25.4 Å². The predicted molar refractivity (Wildman–Crippen MR) is 66.5 cm³/mol. The zero-order chi connectivity index (χ0) is 14.2. The number of rotatable bonds is 1. The van der Waals surface area contributed by atoms with Crippen molar-refractivity contribution in [3.05, 3.63) is 29.3 Å². The molecule has 0 radical (unpaired) electrons. The van der Waals surface area contributed by atoms with E-state index in [1.165, 1.54) is 4.90 Å². The molecule has 1 atom stereocenters. The highest BCUT2D eigenvalue weighted by molar-refractivity contribution is 5.95. The summed E-state index contributed by atoms with van der Waals surface area (Å²) in [6.45, 7) is 2.12. The summed E-state index contributed by atoms with van der Waals surface area (Å²) in [4.78, 5) is 13.5. The van der Waals surface area contributed by atoms with Gasteiger partial charge in [-0.3, -0.25) is 4.79 Å². The summed E-state index contributed by atoms with van der Waals surface area (Å²) in [6, 6.07) is 1.66. The molecular weight excluding hydrogens is 254 g/mol. The number of nitrogens with zero attached hydrogens (tertiary/aromatic N) is 1. The molecule has 104 valence electrons. The molecule has 6 heteroatoms. The van der Waals surface area contributed by atoms with Crippen LogP contribution in [0.5, 0.6) is 0 Å². The van der Waals surface area contributed by atoms with Crippen molar-refractivity contribution in [3.63, 3.8) is 0 Å². The molecule has 1 saturated heterocycles. The summed E-state index contributed by atoms with van der Waals surface area (Å²) in [7, 11) is 0. The van der Waals surface area contributed by atoms with Gasteiger partial charge in [-0.2, -0.15) is 0 Å². The van der Waals surface area contributed by atoms with Crippen molar-refractivity contribution in [1.29, 1.82) is 0 Å². The Morgan fingerprint density at radius 3 is 2.79 bits per heavy atom. The van der Waals surface area contributed by atoms with E-state index in [0.717, 1.165) is 12.1 Å².